The Labute approximate surface area is 92.5 Å². The normalized spacial score (nSPS) is 10.2. The first kappa shape index (κ1) is 12.3. The van der Waals surface area contributed by atoms with E-state index in [4.69, 9.17) is 5.26 Å². The topological polar surface area (TPSA) is 40.9 Å². The molecule has 0 unspecified atom stereocenters. The molecule has 0 amide bonds. The van der Waals surface area contributed by atoms with Crippen LogP contribution in [-0.4, -0.2) is 5.78 Å². The number of benzene rings is 1. The molecule has 1 aromatic rings. The third-order valence-corrected chi connectivity index (χ3v) is 2.39. The van der Waals surface area contributed by atoms with Gasteiger partial charge >= 0.3 is 0 Å². The molecule has 1 rings (SSSR count). The van der Waals surface area contributed by atoms with Gasteiger partial charge in [0.1, 0.15) is 0 Å². The first-order valence-electron chi connectivity index (χ1n) is 4.87. The highest BCUT2D eigenvalue weighted by molar-refractivity contribution is 5.96. The van der Waals surface area contributed by atoms with Gasteiger partial charge in [0.05, 0.1) is 11.6 Å². The summed E-state index contributed by atoms with van der Waals surface area (Å²) in [6, 6.07) is 4.19. The van der Waals surface area contributed by atoms with E-state index in [1.54, 1.807) is 13.0 Å². The van der Waals surface area contributed by atoms with Crippen LogP contribution in [0.15, 0.2) is 12.1 Å². The monoisotopic (exact) mass is 223 g/mol. The molecular formula is C12H11F2NO. The summed E-state index contributed by atoms with van der Waals surface area (Å²) < 4.78 is 25.3. The molecular weight excluding hydrogens is 212 g/mol. The Bertz CT molecular complexity index is 461. The third-order valence-electron chi connectivity index (χ3n) is 2.39. The molecule has 4 heteroatoms. The number of carbonyl (C=O) groups is 1. The molecule has 0 saturated carbocycles. The van der Waals surface area contributed by atoms with Gasteiger partial charge in [0, 0.05) is 11.1 Å². The summed E-state index contributed by atoms with van der Waals surface area (Å²) in [6.07, 6.45) is -2.21. The number of nitriles is 1. The Kier molecular flexibility index (Phi) is 3.73. The molecule has 0 N–H and O–H groups in total. The highest BCUT2D eigenvalue weighted by atomic mass is 19.3. The standard InChI is InChI=1S/C12H11F2NO/c1-3-8-4-11(12(13)14)9(6-15)5-10(8)7(2)16/h4-5,12H,3H2,1-2H3. The van der Waals surface area contributed by atoms with Crippen molar-refractivity contribution < 1.29 is 13.6 Å². The first-order valence-corrected chi connectivity index (χ1v) is 4.87. The minimum Gasteiger partial charge on any atom is -0.295 e. The summed E-state index contributed by atoms with van der Waals surface area (Å²) in [5.41, 5.74) is 0.479. The number of rotatable bonds is 3. The molecule has 2 nitrogen and oxygen atoms in total. The van der Waals surface area contributed by atoms with Gasteiger partial charge in [-0.3, -0.25) is 4.79 Å². The first-order chi connectivity index (χ1) is 7.51. The van der Waals surface area contributed by atoms with Gasteiger partial charge in [0.25, 0.3) is 6.43 Å². The maximum absolute atomic E-state index is 12.6. The number of ketones is 1. The smallest absolute Gasteiger partial charge is 0.265 e. The molecule has 84 valence electrons. The maximum atomic E-state index is 12.6. The van der Waals surface area contributed by atoms with Crippen molar-refractivity contribution in [3.63, 3.8) is 0 Å². The van der Waals surface area contributed by atoms with Crippen LogP contribution in [0.1, 0.15) is 47.3 Å². The SMILES string of the molecule is CCc1cc(C(F)F)c(C#N)cc1C(C)=O. The van der Waals surface area contributed by atoms with Crippen LogP contribution in [0, 0.1) is 11.3 Å². The predicted molar refractivity (Wildman–Crippen MR) is 55.5 cm³/mol. The van der Waals surface area contributed by atoms with Crippen LogP contribution in [0.3, 0.4) is 0 Å². The molecule has 0 aliphatic rings. The number of hydrogen-bond acceptors (Lipinski definition) is 2. The fourth-order valence-electron chi connectivity index (χ4n) is 1.56. The highest BCUT2D eigenvalue weighted by Crippen LogP contribution is 2.26. The van der Waals surface area contributed by atoms with Gasteiger partial charge in [-0.1, -0.05) is 6.92 Å². The molecule has 0 aliphatic carbocycles. The summed E-state index contributed by atoms with van der Waals surface area (Å²) in [5, 5.41) is 8.74. The van der Waals surface area contributed by atoms with Crippen LogP contribution >= 0.6 is 0 Å². The summed E-state index contributed by atoms with van der Waals surface area (Å²) >= 11 is 0. The van der Waals surface area contributed by atoms with E-state index in [-0.39, 0.29) is 16.9 Å². The molecule has 0 fully saturated rings. The lowest BCUT2D eigenvalue weighted by Crippen LogP contribution is -2.03. The summed E-state index contributed by atoms with van der Waals surface area (Å²) in [6.45, 7) is 3.14. The van der Waals surface area contributed by atoms with Gasteiger partial charge in [0.15, 0.2) is 5.78 Å². The Morgan fingerprint density at radius 2 is 2.12 bits per heavy atom. The molecule has 0 saturated heterocycles. The van der Waals surface area contributed by atoms with Crippen LogP contribution in [0.25, 0.3) is 0 Å². The summed E-state index contributed by atoms with van der Waals surface area (Å²) in [5.74, 6) is -0.214. The van der Waals surface area contributed by atoms with Crippen molar-refractivity contribution in [2.24, 2.45) is 0 Å². The predicted octanol–water partition coefficient (Wildman–Crippen LogP) is 3.26. The van der Waals surface area contributed by atoms with Crippen LogP contribution in [0.4, 0.5) is 8.78 Å². The number of alkyl halides is 2. The molecule has 0 radical (unpaired) electrons. The fraction of sp³-hybridized carbons (Fsp3) is 0.333. The van der Waals surface area contributed by atoms with Crippen molar-refractivity contribution in [1.29, 1.82) is 5.26 Å². The number of aryl methyl sites for hydroxylation is 1. The van der Waals surface area contributed by atoms with Crippen LogP contribution in [0.2, 0.25) is 0 Å². The van der Waals surface area contributed by atoms with Gasteiger partial charge in [-0.2, -0.15) is 5.26 Å². The van der Waals surface area contributed by atoms with E-state index < -0.39 is 6.43 Å². The largest absolute Gasteiger partial charge is 0.295 e. The second-order valence-corrected chi connectivity index (χ2v) is 3.42. The molecule has 16 heavy (non-hydrogen) atoms. The Morgan fingerprint density at radius 3 is 2.50 bits per heavy atom. The van der Waals surface area contributed by atoms with Gasteiger partial charge in [-0.25, -0.2) is 8.78 Å². The summed E-state index contributed by atoms with van der Waals surface area (Å²) in [4.78, 5) is 11.3. The quantitative estimate of drug-likeness (QED) is 0.738. The van der Waals surface area contributed by atoms with E-state index >= 15 is 0 Å². The van der Waals surface area contributed by atoms with Crippen LogP contribution in [0.5, 0.6) is 0 Å². The van der Waals surface area contributed by atoms with Gasteiger partial charge in [0.2, 0.25) is 0 Å². The van der Waals surface area contributed by atoms with Crippen molar-refractivity contribution in [1.82, 2.24) is 0 Å². The Morgan fingerprint density at radius 1 is 1.50 bits per heavy atom. The number of Topliss-reactive ketones (excluding diaryl/α,β-unsaturated/α-hetero) is 1. The van der Waals surface area contributed by atoms with Crippen LogP contribution < -0.4 is 0 Å². The van der Waals surface area contributed by atoms with Crippen molar-refractivity contribution in [3.8, 4) is 6.07 Å². The Balaban J connectivity index is 3.48. The Hall–Kier alpha value is -1.76. The average Bonchev–Trinajstić information content (AvgIpc) is 2.26. The van der Waals surface area contributed by atoms with Crippen molar-refractivity contribution in [3.05, 3.63) is 34.4 Å². The number of hydrogen-bond donors (Lipinski definition) is 0. The van der Waals surface area contributed by atoms with Gasteiger partial charge < -0.3 is 0 Å². The highest BCUT2D eigenvalue weighted by Gasteiger charge is 2.17. The van der Waals surface area contributed by atoms with Crippen LogP contribution in [-0.2, 0) is 6.42 Å². The minimum absolute atomic E-state index is 0.127. The molecule has 0 spiro atoms. The van der Waals surface area contributed by atoms with E-state index in [2.05, 4.69) is 0 Å². The zero-order chi connectivity index (χ0) is 12.3. The zero-order valence-electron chi connectivity index (χ0n) is 9.05. The lowest BCUT2D eigenvalue weighted by molar-refractivity contribution is 0.101. The molecule has 0 aliphatic heterocycles. The zero-order valence-corrected chi connectivity index (χ0v) is 9.05. The van der Waals surface area contributed by atoms with Crippen molar-refractivity contribution in [2.75, 3.05) is 0 Å². The van der Waals surface area contributed by atoms with Crippen molar-refractivity contribution in [2.45, 2.75) is 26.7 Å². The lowest BCUT2D eigenvalue weighted by Gasteiger charge is -2.09. The number of halogens is 2. The molecule has 0 bridgehead atoms. The molecule has 0 atom stereocenters. The minimum atomic E-state index is -2.69. The second-order valence-electron chi connectivity index (χ2n) is 3.42. The summed E-state index contributed by atoms with van der Waals surface area (Å²) in [7, 11) is 0. The van der Waals surface area contributed by atoms with E-state index in [1.165, 1.54) is 19.1 Å². The van der Waals surface area contributed by atoms with Gasteiger partial charge in [-0.05, 0) is 31.0 Å². The molecule has 0 aromatic heterocycles. The van der Waals surface area contributed by atoms with Gasteiger partial charge in [-0.15, -0.1) is 0 Å². The second kappa shape index (κ2) is 4.84. The molecule has 1 aromatic carbocycles. The van der Waals surface area contributed by atoms with Crippen molar-refractivity contribution >= 4 is 5.78 Å². The maximum Gasteiger partial charge on any atom is 0.265 e. The third kappa shape index (κ3) is 2.25. The number of nitrogens with zero attached hydrogens (tertiary/aromatic N) is 1. The average molecular weight is 223 g/mol. The van der Waals surface area contributed by atoms with E-state index in [9.17, 15) is 13.6 Å². The van der Waals surface area contributed by atoms with E-state index in [0.29, 0.717) is 17.5 Å². The van der Waals surface area contributed by atoms with E-state index in [1.807, 2.05) is 0 Å². The fourth-order valence-corrected chi connectivity index (χ4v) is 1.56. The molecule has 0 heterocycles. The van der Waals surface area contributed by atoms with E-state index in [0.717, 1.165) is 0 Å². The lowest BCUT2D eigenvalue weighted by atomic mass is 9.95. The number of carbonyl (C=O) groups excluding carboxylic acids is 1.